The van der Waals surface area contributed by atoms with Gasteiger partial charge in [0.05, 0.1) is 24.9 Å². The summed E-state index contributed by atoms with van der Waals surface area (Å²) in [6.07, 6.45) is 4.27. The first-order valence-electron chi connectivity index (χ1n) is 16.0. The van der Waals surface area contributed by atoms with Crippen LogP contribution in [0, 0.1) is 16.7 Å². The zero-order valence-electron chi connectivity index (χ0n) is 26.3. The van der Waals surface area contributed by atoms with E-state index in [0.29, 0.717) is 43.8 Å². The van der Waals surface area contributed by atoms with Crippen molar-refractivity contribution < 1.29 is 29.6 Å². The van der Waals surface area contributed by atoms with Gasteiger partial charge in [0.1, 0.15) is 11.2 Å². The zero-order valence-corrected chi connectivity index (χ0v) is 29.7. The first kappa shape index (κ1) is 37.0. The van der Waals surface area contributed by atoms with Crippen LogP contribution in [0.4, 0.5) is 0 Å². The Kier molecular flexibility index (Phi) is 13.7. The van der Waals surface area contributed by atoms with Gasteiger partial charge in [-0.3, -0.25) is 14.5 Å². The number of benzene rings is 2. The van der Waals surface area contributed by atoms with E-state index in [9.17, 15) is 24.9 Å². The standard InChI is InChI=1S/C18H21NO4.C16H23NO2.Al.3ClH/c1-2-23-17(22)18(9-10-18)15(20)14-8-11-19(16(14)21)12-13-6-4-3-5-7-13;18-12-16(7-8-16)15(19)14-6-9-17(11-14)10-13-4-2-1-3-5-13;;;;/h3-7,20H,2,8-12H2,1H3;1-5,14-15,18-19H,6-12H2;;3*1H/q;;+3;;;/p-3/b15-14-;;;;;. The topological polar surface area (TPSA) is 111 Å². The molecule has 0 aromatic heterocycles. The number of esters is 1. The van der Waals surface area contributed by atoms with Gasteiger partial charge in [0.2, 0.25) is 0 Å². The molecule has 2 atom stereocenters. The Morgan fingerprint density at radius 1 is 0.978 bits per heavy atom. The number of hydrogen-bond acceptors (Lipinski definition) is 7. The van der Waals surface area contributed by atoms with E-state index in [1.165, 1.54) is 5.56 Å². The van der Waals surface area contributed by atoms with Crippen molar-refractivity contribution in [3.8, 4) is 0 Å². The Labute approximate surface area is 288 Å². The fourth-order valence-corrected chi connectivity index (χ4v) is 6.35. The summed E-state index contributed by atoms with van der Waals surface area (Å²) >= 11 is -1.72. The van der Waals surface area contributed by atoms with Gasteiger partial charge in [-0.2, -0.15) is 0 Å². The van der Waals surface area contributed by atoms with Crippen LogP contribution in [0.3, 0.4) is 0 Å². The Hall–Kier alpha value is -1.80. The summed E-state index contributed by atoms with van der Waals surface area (Å²) in [5, 5.41) is 30.4. The third-order valence-electron chi connectivity index (χ3n) is 9.39. The smallest absolute Gasteiger partial charge is 0.511 e. The quantitative estimate of drug-likeness (QED) is 0.122. The molecule has 2 aromatic rings. The summed E-state index contributed by atoms with van der Waals surface area (Å²) in [6, 6.07) is 20.2. The molecular formula is C34H44AlCl3N2O6. The van der Waals surface area contributed by atoms with Crippen molar-refractivity contribution in [3.63, 3.8) is 0 Å². The highest BCUT2D eigenvalue weighted by Gasteiger charge is 2.57. The summed E-state index contributed by atoms with van der Waals surface area (Å²) in [5.74, 6) is -0.337. The lowest BCUT2D eigenvalue weighted by Crippen LogP contribution is -2.34. The molecular weight excluding hydrogens is 666 g/mol. The van der Waals surface area contributed by atoms with Gasteiger partial charge in [-0.25, -0.2) is 30.1 Å². The van der Waals surface area contributed by atoms with Crippen LogP contribution in [0.5, 0.6) is 0 Å². The molecule has 4 fully saturated rings. The number of aliphatic hydroxyl groups excluding tert-OH is 3. The molecule has 1 amide bonds. The molecule has 12 heteroatoms. The molecule has 6 rings (SSSR count). The summed E-state index contributed by atoms with van der Waals surface area (Å²) in [7, 11) is 14.8. The maximum atomic E-state index is 12.6. The third kappa shape index (κ3) is 9.64. The molecule has 2 aliphatic carbocycles. The van der Waals surface area contributed by atoms with Crippen molar-refractivity contribution in [2.75, 3.05) is 32.8 Å². The second-order valence-corrected chi connectivity index (χ2v) is 19.0. The predicted molar refractivity (Wildman–Crippen MR) is 182 cm³/mol. The van der Waals surface area contributed by atoms with Gasteiger partial charge in [-0.1, -0.05) is 60.7 Å². The van der Waals surface area contributed by atoms with E-state index in [1.807, 2.05) is 36.4 Å². The van der Waals surface area contributed by atoms with E-state index in [-0.39, 0.29) is 36.4 Å². The van der Waals surface area contributed by atoms with Crippen LogP contribution < -0.4 is 0 Å². The molecule has 8 nitrogen and oxygen atoms in total. The maximum Gasteiger partial charge on any atom is 0.643 e. The minimum atomic E-state index is -1.72. The predicted octanol–water partition coefficient (Wildman–Crippen LogP) is 5.90. The molecule has 2 saturated heterocycles. The van der Waals surface area contributed by atoms with E-state index in [1.54, 1.807) is 11.8 Å². The molecule has 250 valence electrons. The number of carbonyl (C=O) groups excluding carboxylic acids is 2. The Bertz CT molecular complexity index is 1320. The molecule has 2 unspecified atom stereocenters. The first-order valence-corrected chi connectivity index (χ1v) is 21.2. The minimum absolute atomic E-state index is 0.0727. The molecule has 0 spiro atoms. The number of amides is 1. The monoisotopic (exact) mass is 708 g/mol. The number of likely N-dealkylation sites (tertiary alicyclic amines) is 2. The molecule has 2 aromatic carbocycles. The second-order valence-electron chi connectivity index (χ2n) is 12.6. The number of aliphatic hydroxyl groups is 3. The van der Waals surface area contributed by atoms with Crippen molar-refractivity contribution >= 4 is 53.4 Å². The molecule has 46 heavy (non-hydrogen) atoms. The number of carbonyl (C=O) groups is 2. The third-order valence-corrected chi connectivity index (χ3v) is 9.39. The van der Waals surface area contributed by atoms with Gasteiger partial charge in [-0.15, -0.1) is 0 Å². The summed E-state index contributed by atoms with van der Waals surface area (Å²) in [5.41, 5.74) is 1.62. The lowest BCUT2D eigenvalue weighted by atomic mass is 9.88. The fraction of sp³-hybridized carbons (Fsp3) is 0.529. The largest absolute Gasteiger partial charge is 0.643 e. The maximum absolute atomic E-state index is 12.6. The number of halogens is 3. The summed E-state index contributed by atoms with van der Waals surface area (Å²) < 4.78 is 5.05. The normalized spacial score (nSPS) is 22.5. The number of rotatable bonds is 10. The van der Waals surface area contributed by atoms with Gasteiger partial charge in [0.15, 0.2) is 0 Å². The molecule has 4 aliphatic rings. The van der Waals surface area contributed by atoms with E-state index in [0.717, 1.165) is 44.5 Å². The highest BCUT2D eigenvalue weighted by molar-refractivity contribution is 7.54. The van der Waals surface area contributed by atoms with Crippen molar-refractivity contribution in [2.24, 2.45) is 16.7 Å². The van der Waals surface area contributed by atoms with E-state index < -0.39 is 22.8 Å². The van der Waals surface area contributed by atoms with Crippen LogP contribution >= 0.6 is 30.1 Å². The average molecular weight is 710 g/mol. The number of nitrogens with zero attached hydrogens (tertiary/aromatic N) is 2. The summed E-state index contributed by atoms with van der Waals surface area (Å²) in [4.78, 5) is 28.7. The molecule has 2 heterocycles. The Morgan fingerprint density at radius 3 is 2.04 bits per heavy atom. The average Bonchev–Trinajstić information content (AvgIpc) is 3.96. The SMILES string of the molecule is CCOC(=O)C1(/C(O)=C2\CCN(Cc3ccccc3)C2=O)CC1.OCC1(C(O)C2CCN(Cc3ccccc3)C2)CC1.[Cl][Al]([Cl])[Cl]. The fourth-order valence-electron chi connectivity index (χ4n) is 6.35. The molecule has 2 aliphatic heterocycles. The first-order chi connectivity index (χ1) is 22.0. The van der Waals surface area contributed by atoms with Crippen molar-refractivity contribution in [1.82, 2.24) is 9.80 Å². The van der Waals surface area contributed by atoms with Gasteiger partial charge in [0, 0.05) is 31.6 Å². The van der Waals surface area contributed by atoms with Crippen LogP contribution in [0.1, 0.15) is 56.6 Å². The van der Waals surface area contributed by atoms with Crippen LogP contribution in [0.2, 0.25) is 0 Å². The number of ether oxygens (including phenoxy) is 1. The van der Waals surface area contributed by atoms with Gasteiger partial charge in [0.25, 0.3) is 5.91 Å². The lowest BCUT2D eigenvalue weighted by Gasteiger charge is -2.26. The van der Waals surface area contributed by atoms with E-state index >= 15 is 0 Å². The Balaban J connectivity index is 0.000000190. The number of hydrogen-bond donors (Lipinski definition) is 3. The Morgan fingerprint density at radius 2 is 1.54 bits per heavy atom. The van der Waals surface area contributed by atoms with Crippen molar-refractivity contribution in [1.29, 1.82) is 0 Å². The van der Waals surface area contributed by atoms with E-state index in [2.05, 4.69) is 29.2 Å². The molecule has 2 saturated carbocycles. The molecule has 0 bridgehead atoms. The molecule has 0 radical (unpaired) electrons. The highest BCUT2D eigenvalue weighted by Crippen LogP contribution is 2.54. The molecule has 3 N–H and O–H groups in total. The minimum Gasteiger partial charge on any atom is -0.511 e. The van der Waals surface area contributed by atoms with Crippen molar-refractivity contribution in [2.45, 2.75) is 64.6 Å². The van der Waals surface area contributed by atoms with Crippen LogP contribution in [-0.2, 0) is 27.4 Å². The van der Waals surface area contributed by atoms with E-state index in [4.69, 9.17) is 34.9 Å². The van der Waals surface area contributed by atoms with Crippen LogP contribution in [-0.4, -0.2) is 87.3 Å². The van der Waals surface area contributed by atoms with Gasteiger partial charge in [-0.05, 0) is 69.0 Å². The highest BCUT2D eigenvalue weighted by atomic mass is 35.8. The van der Waals surface area contributed by atoms with Gasteiger partial charge < -0.3 is 25.0 Å². The van der Waals surface area contributed by atoms with Crippen LogP contribution in [0.25, 0.3) is 0 Å². The second kappa shape index (κ2) is 17.0. The van der Waals surface area contributed by atoms with Gasteiger partial charge >= 0.3 is 17.4 Å². The van der Waals surface area contributed by atoms with Crippen molar-refractivity contribution in [3.05, 3.63) is 83.1 Å². The van der Waals surface area contributed by atoms with Crippen LogP contribution in [0.15, 0.2) is 72.0 Å². The summed E-state index contributed by atoms with van der Waals surface area (Å²) in [6.45, 7) is 6.21. The zero-order chi connectivity index (χ0) is 33.3. The lowest BCUT2D eigenvalue weighted by molar-refractivity contribution is -0.149.